The minimum Gasteiger partial charge on any atom is -0.300 e. The molecule has 0 saturated heterocycles. The summed E-state index contributed by atoms with van der Waals surface area (Å²) in [7, 11) is 0. The molecule has 0 aliphatic rings. The van der Waals surface area contributed by atoms with Crippen LogP contribution in [0, 0.1) is 0 Å². The van der Waals surface area contributed by atoms with Crippen LogP contribution in [0.25, 0.3) is 88.0 Å². The third-order valence-corrected chi connectivity index (χ3v) is 9.47. The zero-order valence-corrected chi connectivity index (χ0v) is 24.8. The van der Waals surface area contributed by atoms with E-state index in [1.165, 1.54) is 53.9 Å². The van der Waals surface area contributed by atoms with Crippen LogP contribution >= 0.6 is 0 Å². The molecule has 10 aromatic rings. The van der Waals surface area contributed by atoms with E-state index in [-0.39, 0.29) is 0 Å². The minimum absolute atomic E-state index is 0.929. The van der Waals surface area contributed by atoms with Gasteiger partial charge in [-0.05, 0) is 79.5 Å². The molecule has 0 aliphatic heterocycles. The SMILES string of the molecule is c1ccc(-n2ccnc2-c2ccc3c4ccccc4c4c(-c5nccn5-c5ccccc5)ccc5c6ccccc6c2c3c54)cc1. The van der Waals surface area contributed by atoms with Gasteiger partial charge in [0, 0.05) is 58.1 Å². The van der Waals surface area contributed by atoms with Crippen molar-refractivity contribution >= 4 is 53.9 Å². The summed E-state index contributed by atoms with van der Waals surface area (Å²) in [5.74, 6) is 1.86. The number of hydrogen-bond donors (Lipinski definition) is 0. The Morgan fingerprint density at radius 2 is 0.696 bits per heavy atom. The molecule has 4 heteroatoms. The Morgan fingerprint density at radius 3 is 1.13 bits per heavy atom. The molecule has 0 unspecified atom stereocenters. The van der Waals surface area contributed by atoms with Crippen molar-refractivity contribution in [1.82, 2.24) is 19.1 Å². The number of hydrogen-bond acceptors (Lipinski definition) is 2. The van der Waals surface area contributed by atoms with Crippen molar-refractivity contribution in [2.45, 2.75) is 0 Å². The van der Waals surface area contributed by atoms with E-state index >= 15 is 0 Å². The average Bonchev–Trinajstić information content (AvgIpc) is 3.82. The van der Waals surface area contributed by atoms with Gasteiger partial charge in [-0.2, -0.15) is 0 Å². The van der Waals surface area contributed by atoms with Crippen molar-refractivity contribution < 1.29 is 0 Å². The maximum Gasteiger partial charge on any atom is 0.145 e. The summed E-state index contributed by atoms with van der Waals surface area (Å²) in [6.45, 7) is 0. The number of nitrogens with zero attached hydrogens (tertiary/aromatic N) is 4. The van der Waals surface area contributed by atoms with Gasteiger partial charge >= 0.3 is 0 Å². The maximum atomic E-state index is 4.97. The van der Waals surface area contributed by atoms with Crippen molar-refractivity contribution in [2.24, 2.45) is 0 Å². The molecule has 4 nitrogen and oxygen atoms in total. The van der Waals surface area contributed by atoms with Crippen molar-refractivity contribution in [2.75, 3.05) is 0 Å². The van der Waals surface area contributed by atoms with Gasteiger partial charge in [0.2, 0.25) is 0 Å². The molecule has 0 amide bonds. The Morgan fingerprint density at radius 1 is 0.326 bits per heavy atom. The first-order valence-corrected chi connectivity index (χ1v) is 15.6. The highest BCUT2D eigenvalue weighted by molar-refractivity contribution is 6.43. The van der Waals surface area contributed by atoms with Crippen LogP contribution in [0.15, 0.2) is 158 Å². The average molecular weight is 587 g/mol. The zero-order valence-electron chi connectivity index (χ0n) is 24.8. The minimum atomic E-state index is 0.929. The third-order valence-electron chi connectivity index (χ3n) is 9.47. The summed E-state index contributed by atoms with van der Waals surface area (Å²) in [6, 6.07) is 47.7. The number of rotatable bonds is 4. The van der Waals surface area contributed by atoms with Crippen molar-refractivity contribution in [1.29, 1.82) is 0 Å². The number of fused-ring (bicyclic) bond motifs is 6. The fourth-order valence-corrected chi connectivity index (χ4v) is 7.58. The third kappa shape index (κ3) is 3.44. The topological polar surface area (TPSA) is 35.6 Å². The molecule has 0 N–H and O–H groups in total. The van der Waals surface area contributed by atoms with Crippen LogP contribution in [0.4, 0.5) is 0 Å². The molecule has 0 atom stereocenters. The number of benzene rings is 8. The summed E-state index contributed by atoms with van der Waals surface area (Å²) < 4.78 is 4.39. The van der Waals surface area contributed by atoms with Crippen LogP contribution in [-0.2, 0) is 0 Å². The Kier molecular flexibility index (Phi) is 5.25. The van der Waals surface area contributed by atoms with E-state index < -0.39 is 0 Å². The van der Waals surface area contributed by atoms with Crippen LogP contribution in [-0.4, -0.2) is 19.1 Å². The standard InChI is InChI=1S/C42H26N4/c1-3-11-27(12-4-1)45-25-23-43-41(45)35-21-19-33-30-16-8-10-18-32(30)38-36(42-44-24-26-46(42)28-13-5-2-6-14-28)22-20-34-29-15-7-9-17-31(29)37(35)39(33)40(34)38/h1-26H. The Hall–Kier alpha value is -6.26. The molecule has 46 heavy (non-hydrogen) atoms. The fourth-order valence-electron chi connectivity index (χ4n) is 7.58. The lowest BCUT2D eigenvalue weighted by atomic mass is 9.83. The second kappa shape index (κ2) is 9.62. The van der Waals surface area contributed by atoms with Crippen LogP contribution in [0.3, 0.4) is 0 Å². The molecule has 0 spiro atoms. The van der Waals surface area contributed by atoms with Crippen molar-refractivity contribution in [3.8, 4) is 34.2 Å². The smallest absolute Gasteiger partial charge is 0.145 e. The van der Waals surface area contributed by atoms with Gasteiger partial charge in [0.05, 0.1) is 0 Å². The normalized spacial score (nSPS) is 11.9. The number of aromatic nitrogens is 4. The quantitative estimate of drug-likeness (QED) is 0.152. The van der Waals surface area contributed by atoms with Gasteiger partial charge in [0.25, 0.3) is 0 Å². The molecular weight excluding hydrogens is 560 g/mol. The van der Waals surface area contributed by atoms with Crippen LogP contribution in [0.5, 0.6) is 0 Å². The fraction of sp³-hybridized carbons (Fsp3) is 0. The molecule has 0 aliphatic carbocycles. The van der Waals surface area contributed by atoms with Gasteiger partial charge in [-0.3, -0.25) is 9.13 Å². The van der Waals surface area contributed by atoms with Crippen LogP contribution in [0.2, 0.25) is 0 Å². The number of imidazole rings is 2. The predicted octanol–water partition coefficient (Wildman–Crippen LogP) is 10.6. The van der Waals surface area contributed by atoms with Gasteiger partial charge in [-0.15, -0.1) is 0 Å². The molecule has 10 rings (SSSR count). The van der Waals surface area contributed by atoms with E-state index in [9.17, 15) is 0 Å². The number of para-hydroxylation sites is 2. The van der Waals surface area contributed by atoms with E-state index in [0.717, 1.165) is 34.2 Å². The van der Waals surface area contributed by atoms with Crippen molar-refractivity contribution in [3.05, 3.63) is 158 Å². The Bertz CT molecular complexity index is 2550. The van der Waals surface area contributed by atoms with Crippen LogP contribution < -0.4 is 0 Å². The van der Waals surface area contributed by atoms with E-state index in [4.69, 9.17) is 9.97 Å². The summed E-state index contributed by atoms with van der Waals surface area (Å²) in [5, 5.41) is 12.4. The highest BCUT2D eigenvalue weighted by Crippen LogP contribution is 2.49. The molecule has 2 heterocycles. The lowest BCUT2D eigenvalue weighted by Gasteiger charge is -2.22. The monoisotopic (exact) mass is 586 g/mol. The zero-order chi connectivity index (χ0) is 30.2. The first-order valence-electron chi connectivity index (χ1n) is 15.6. The molecule has 8 aromatic carbocycles. The molecule has 2 aromatic heterocycles. The second-order valence-corrected chi connectivity index (χ2v) is 11.8. The van der Waals surface area contributed by atoms with E-state index in [1.54, 1.807) is 0 Å². The second-order valence-electron chi connectivity index (χ2n) is 11.8. The highest BCUT2D eigenvalue weighted by Gasteiger charge is 2.24. The predicted molar refractivity (Wildman–Crippen MR) is 190 cm³/mol. The molecular formula is C42H26N4. The van der Waals surface area contributed by atoms with Gasteiger partial charge < -0.3 is 0 Å². The van der Waals surface area contributed by atoms with Crippen molar-refractivity contribution in [3.63, 3.8) is 0 Å². The van der Waals surface area contributed by atoms with E-state index in [0.29, 0.717) is 0 Å². The Labute approximate surface area is 264 Å². The van der Waals surface area contributed by atoms with Gasteiger partial charge in [0.1, 0.15) is 11.6 Å². The molecule has 0 bridgehead atoms. The lowest BCUT2D eigenvalue weighted by Crippen LogP contribution is -2.00. The van der Waals surface area contributed by atoms with Gasteiger partial charge in [0.15, 0.2) is 0 Å². The van der Waals surface area contributed by atoms with E-state index in [1.807, 2.05) is 12.4 Å². The summed E-state index contributed by atoms with van der Waals surface area (Å²) in [5.41, 5.74) is 4.41. The molecule has 214 valence electrons. The summed E-state index contributed by atoms with van der Waals surface area (Å²) in [4.78, 5) is 9.93. The molecule has 0 fully saturated rings. The van der Waals surface area contributed by atoms with E-state index in [2.05, 4.69) is 155 Å². The largest absolute Gasteiger partial charge is 0.300 e. The van der Waals surface area contributed by atoms with Crippen LogP contribution in [0.1, 0.15) is 0 Å². The summed E-state index contributed by atoms with van der Waals surface area (Å²) >= 11 is 0. The highest BCUT2D eigenvalue weighted by atomic mass is 15.1. The lowest BCUT2D eigenvalue weighted by molar-refractivity contribution is 1.07. The van der Waals surface area contributed by atoms with Gasteiger partial charge in [-0.1, -0.05) is 97.1 Å². The maximum absolute atomic E-state index is 4.97. The summed E-state index contributed by atoms with van der Waals surface area (Å²) in [6.07, 6.45) is 7.92. The first-order chi connectivity index (χ1) is 22.9. The Balaban J connectivity index is 1.42. The van der Waals surface area contributed by atoms with Gasteiger partial charge in [-0.25, -0.2) is 9.97 Å². The molecule has 0 radical (unpaired) electrons. The molecule has 0 saturated carbocycles. The first kappa shape index (κ1) is 25.1.